The van der Waals surface area contributed by atoms with E-state index in [1.807, 2.05) is 0 Å². The largest absolute Gasteiger partial charge is 1.00 e. The Balaban J connectivity index is 0. The van der Waals surface area contributed by atoms with Gasteiger partial charge in [0.25, 0.3) is 21.5 Å². The third-order valence-electron chi connectivity index (χ3n) is 2.78. The van der Waals surface area contributed by atoms with Crippen LogP contribution in [0.4, 0.5) is 11.4 Å². The molecule has 0 fully saturated rings. The number of hydrogen-bond acceptors (Lipinski definition) is 10. The van der Waals surface area contributed by atoms with Gasteiger partial charge in [-0.05, 0) is 29.1 Å². The first-order valence-electron chi connectivity index (χ1n) is 9.62. The molecule has 16 heteroatoms. The van der Waals surface area contributed by atoms with Gasteiger partial charge in [-0.2, -0.15) is 8.42 Å². The van der Waals surface area contributed by atoms with Gasteiger partial charge in [-0.1, -0.05) is 22.6 Å². The first-order valence-corrected chi connectivity index (χ1v) is 10.5. The summed E-state index contributed by atoms with van der Waals surface area (Å²) in [5.74, 6) is 0. The first kappa shape index (κ1) is 20.4. The Morgan fingerprint density at radius 1 is 0.867 bits per heavy atom. The molecule has 0 heterocycles. The number of benzene rings is 2. The molecule has 0 N–H and O–H groups in total. The van der Waals surface area contributed by atoms with Gasteiger partial charge in [0.1, 0.15) is 10.1 Å². The summed E-state index contributed by atoms with van der Waals surface area (Å²) in [6, 6.07) is 7.42. The van der Waals surface area contributed by atoms with Gasteiger partial charge < -0.3 is 4.55 Å². The maximum absolute atomic E-state index is 11.4. The van der Waals surface area contributed by atoms with E-state index in [9.17, 15) is 41.6 Å². The van der Waals surface area contributed by atoms with Crippen molar-refractivity contribution in [3.63, 3.8) is 0 Å². The minimum Gasteiger partial charge on any atom is -0.744 e. The van der Waals surface area contributed by atoms with E-state index in [1.165, 1.54) is 22.6 Å². The standard InChI is InChI=1S/C7H7NO5S.C6H5NO5S.CH3I.Ag/c1-13-14(11,12)7-4-2-6(3-5-7)8(9)10;8-7(9)5-1-3-6(4-2-5)13(10,11)12;1-2;/h2-5H,1H3;1-4H,(H,10,11,12);1H3;/q;;;+1/p-1/i1T3;;1T3;. The fraction of sp³-hybridized carbons (Fsp3) is 0.143. The summed E-state index contributed by atoms with van der Waals surface area (Å²) in [6.07, 6.45) is 0. The molecule has 0 bridgehead atoms. The zero-order chi connectivity index (χ0) is 27.8. The molecule has 2 rings (SSSR count). The molecule has 0 aliphatic heterocycles. The third kappa shape index (κ3) is 10.0. The average Bonchev–Trinajstić information content (AvgIpc) is 2.65. The molecule has 30 heavy (non-hydrogen) atoms. The van der Waals surface area contributed by atoms with E-state index in [2.05, 4.69) is 4.18 Å². The van der Waals surface area contributed by atoms with E-state index >= 15 is 0 Å². The van der Waals surface area contributed by atoms with Crippen LogP contribution in [0.1, 0.15) is 8.22 Å². The molecule has 0 saturated heterocycles. The van der Waals surface area contributed by atoms with Crippen LogP contribution in [0.5, 0.6) is 0 Å². The van der Waals surface area contributed by atoms with Crippen molar-refractivity contribution < 1.29 is 66.0 Å². The molecule has 0 spiro atoms. The summed E-state index contributed by atoms with van der Waals surface area (Å²) in [4.78, 5) is 16.4. The molecule has 0 saturated carbocycles. The second-order valence-corrected chi connectivity index (χ2v) is 7.42. The van der Waals surface area contributed by atoms with Crippen molar-refractivity contribution in [3.05, 3.63) is 68.8 Å². The van der Waals surface area contributed by atoms with E-state index in [4.69, 9.17) is 8.22 Å². The van der Waals surface area contributed by atoms with Crippen molar-refractivity contribution in [3.8, 4) is 0 Å². The Morgan fingerprint density at radius 3 is 1.47 bits per heavy atom. The molecule has 2 aromatic carbocycles. The van der Waals surface area contributed by atoms with Crippen LogP contribution < -0.4 is 0 Å². The van der Waals surface area contributed by atoms with Gasteiger partial charge in [-0.25, -0.2) is 8.42 Å². The minimum absolute atomic E-state index is 0. The Kier molecular flexibility index (Phi) is 9.37. The summed E-state index contributed by atoms with van der Waals surface area (Å²) in [6.45, 7) is 0. The van der Waals surface area contributed by atoms with Crippen LogP contribution in [0, 0.1) is 20.2 Å². The number of rotatable bonds is 5. The monoisotopic (exact) mass is 680 g/mol. The van der Waals surface area contributed by atoms with Crippen LogP contribution >= 0.6 is 22.6 Å². The van der Waals surface area contributed by atoms with Gasteiger partial charge in [0.2, 0.25) is 0 Å². The van der Waals surface area contributed by atoms with Crippen LogP contribution in [0.2, 0.25) is 0 Å². The molecule has 2 aromatic rings. The molecule has 0 unspecified atom stereocenters. The smallest absolute Gasteiger partial charge is 0.744 e. The maximum atomic E-state index is 11.4. The number of hydrogen-bond donors (Lipinski definition) is 0. The van der Waals surface area contributed by atoms with Crippen molar-refractivity contribution in [1.82, 2.24) is 0 Å². The molecule has 0 aromatic heterocycles. The summed E-state index contributed by atoms with van der Waals surface area (Å²) < 4.78 is 96.6. The van der Waals surface area contributed by atoms with E-state index in [-0.39, 0.29) is 33.8 Å². The topological polar surface area (TPSA) is 187 Å². The van der Waals surface area contributed by atoms with Gasteiger partial charge in [0.05, 0.1) is 30.8 Å². The van der Waals surface area contributed by atoms with Gasteiger partial charge >= 0.3 is 22.4 Å². The Hall–Kier alpha value is -1.47. The molecule has 12 nitrogen and oxygen atoms in total. The van der Waals surface area contributed by atoms with Crippen molar-refractivity contribution >= 4 is 54.2 Å². The Labute approximate surface area is 209 Å². The van der Waals surface area contributed by atoms with Gasteiger partial charge in [-0.15, -0.1) is 0 Å². The second kappa shape index (κ2) is 13.8. The van der Waals surface area contributed by atoms with Crippen LogP contribution in [0.25, 0.3) is 0 Å². The van der Waals surface area contributed by atoms with Crippen LogP contribution in [0.15, 0.2) is 58.3 Å². The number of non-ortho nitro benzene ring substituents is 2. The summed E-state index contributed by atoms with van der Waals surface area (Å²) in [7, 11) is -12.1. The Bertz CT molecular complexity index is 1230. The molecule has 0 radical (unpaired) electrons. The van der Waals surface area contributed by atoms with E-state index in [0.717, 1.165) is 48.5 Å². The molecule has 170 valence electrons. The second-order valence-electron chi connectivity index (χ2n) is 4.49. The van der Waals surface area contributed by atoms with Crippen molar-refractivity contribution in [1.29, 1.82) is 0 Å². The predicted molar refractivity (Wildman–Crippen MR) is 108 cm³/mol. The molecular weight excluding hydrogens is 655 g/mol. The van der Waals surface area contributed by atoms with Gasteiger partial charge in [-0.3, -0.25) is 24.4 Å². The molecular formula is C14H14AgIN2O10S2. The zero-order valence-electron chi connectivity index (χ0n) is 20.1. The average molecular weight is 681 g/mol. The molecule has 0 atom stereocenters. The molecule has 0 aliphatic rings. The van der Waals surface area contributed by atoms with Crippen LogP contribution in [-0.2, 0) is 46.8 Å². The molecule has 0 aliphatic carbocycles. The van der Waals surface area contributed by atoms with Crippen molar-refractivity contribution in [2.75, 3.05) is 11.9 Å². The summed E-state index contributed by atoms with van der Waals surface area (Å²) in [5, 5.41) is 20.5. The third-order valence-corrected chi connectivity index (χ3v) is 4.70. The number of nitro groups is 2. The van der Waals surface area contributed by atoms with E-state index < -0.39 is 51.8 Å². The van der Waals surface area contributed by atoms with Crippen LogP contribution in [0.3, 0.4) is 0 Å². The normalized spacial score (nSPS) is 14.1. The van der Waals surface area contributed by atoms with Crippen molar-refractivity contribution in [2.45, 2.75) is 9.79 Å². The predicted octanol–water partition coefficient (Wildman–Crippen LogP) is 2.48. The maximum Gasteiger partial charge on any atom is 1.00 e. The number of nitro benzene ring substituents is 2. The fourth-order valence-electron chi connectivity index (χ4n) is 1.52. The van der Waals surface area contributed by atoms with Gasteiger partial charge in [0.15, 0.2) is 0 Å². The van der Waals surface area contributed by atoms with Gasteiger partial charge in [0, 0.05) is 28.4 Å². The SMILES string of the molecule is O=[N+]([O-])c1ccc(S(=O)(=O)[O-])cc1.[3H]C([3H])([3H])I.[3H]C([3H])([3H])OS(=O)(=O)c1ccc([N+](=O)[O-])cc1.[Ag+]. The van der Waals surface area contributed by atoms with Crippen LogP contribution in [-0.4, -0.2) is 43.1 Å². The Morgan fingerprint density at radius 2 is 1.20 bits per heavy atom. The zero-order valence-corrected chi connectivity index (χ0v) is 19.4. The van der Waals surface area contributed by atoms with E-state index in [0.29, 0.717) is 0 Å². The quantitative estimate of drug-likeness (QED) is 0.0863. The minimum atomic E-state index is -4.52. The summed E-state index contributed by atoms with van der Waals surface area (Å²) in [5.41, 5.74) is -0.565. The first-order chi connectivity index (χ1) is 15.5. The van der Waals surface area contributed by atoms with Crippen molar-refractivity contribution in [2.24, 2.45) is 0 Å². The number of nitrogens with zero attached hydrogens (tertiary/aromatic N) is 2. The van der Waals surface area contributed by atoms with E-state index in [1.54, 1.807) is 0 Å². The molecule has 0 amide bonds. The number of halogens is 1. The fourth-order valence-corrected chi connectivity index (χ4v) is 2.55. The summed E-state index contributed by atoms with van der Waals surface area (Å²) >= 11 is 1.38. The number of alkyl halides is 1.